The molecule has 0 aliphatic heterocycles. The van der Waals surface area contributed by atoms with Crippen molar-refractivity contribution in [3.05, 3.63) is 72.8 Å². The third kappa shape index (κ3) is 63.9. The van der Waals surface area contributed by atoms with Gasteiger partial charge in [0, 0.05) is 0 Å². The summed E-state index contributed by atoms with van der Waals surface area (Å²) in [6, 6.07) is 24.0. The normalized spacial score (nSPS) is 6.00. The molecule has 2 aromatic carbocycles. The van der Waals surface area contributed by atoms with Crippen LogP contribution in [0, 0.1) is 0 Å². The summed E-state index contributed by atoms with van der Waals surface area (Å²) in [6.07, 6.45) is 1.25. The molecular formula is C21H42N2. The number of benzene rings is 2. The molecule has 0 atom stereocenters. The van der Waals surface area contributed by atoms with Crippen molar-refractivity contribution in [2.45, 2.75) is 48.0 Å². The largest absolute Gasteiger partial charge is 0.333 e. The lowest BCUT2D eigenvalue weighted by Gasteiger charge is -1.69. The molecule has 0 heterocycles. The fourth-order valence-corrected chi connectivity index (χ4v) is 0.770. The minimum Gasteiger partial charge on any atom is -0.333 e. The SMILES string of the molecule is CC.CC.CCC.CN.CN.c1ccccc1.c1ccccc1. The Balaban J connectivity index is -0.0000000598. The van der Waals surface area contributed by atoms with Gasteiger partial charge in [0.25, 0.3) is 0 Å². The zero-order valence-electron chi connectivity index (χ0n) is 16.8. The quantitative estimate of drug-likeness (QED) is 0.625. The molecule has 0 fully saturated rings. The molecule has 2 nitrogen and oxygen atoms in total. The second-order valence-electron chi connectivity index (χ2n) is 3.02. The molecule has 4 N–H and O–H groups in total. The molecule has 0 saturated heterocycles. The Hall–Kier alpha value is -1.64. The van der Waals surface area contributed by atoms with Crippen LogP contribution in [0.3, 0.4) is 0 Å². The first kappa shape index (κ1) is 33.1. The highest BCUT2D eigenvalue weighted by molar-refractivity contribution is 4.99. The van der Waals surface area contributed by atoms with Crippen LogP contribution in [0.25, 0.3) is 0 Å². The van der Waals surface area contributed by atoms with E-state index in [1.54, 1.807) is 0 Å². The molecule has 0 amide bonds. The van der Waals surface area contributed by atoms with Gasteiger partial charge in [-0.2, -0.15) is 0 Å². The predicted molar refractivity (Wildman–Crippen MR) is 112 cm³/mol. The zero-order valence-corrected chi connectivity index (χ0v) is 16.8. The molecule has 23 heavy (non-hydrogen) atoms. The Morgan fingerprint density at radius 3 is 0.478 bits per heavy atom. The molecule has 0 bridgehead atoms. The second-order valence-corrected chi connectivity index (χ2v) is 3.02. The van der Waals surface area contributed by atoms with E-state index in [1.807, 2.05) is 100 Å². The average molecular weight is 323 g/mol. The molecule has 0 saturated carbocycles. The van der Waals surface area contributed by atoms with Crippen molar-refractivity contribution in [3.8, 4) is 0 Å². The van der Waals surface area contributed by atoms with Gasteiger partial charge in [0.05, 0.1) is 0 Å². The lowest BCUT2D eigenvalue weighted by atomic mass is 10.4. The van der Waals surface area contributed by atoms with Crippen LogP contribution in [0.1, 0.15) is 48.0 Å². The summed E-state index contributed by atoms with van der Waals surface area (Å²) in [5.41, 5.74) is 9.00. The highest BCUT2D eigenvalue weighted by atomic mass is 14.4. The average Bonchev–Trinajstić information content (AvgIpc) is 2.72. The fourth-order valence-electron chi connectivity index (χ4n) is 0.770. The number of rotatable bonds is 0. The standard InChI is InChI=1S/2C6H6.C3H8.2C2H6.2CH5N/c2*1-2-4-6-5-3-1;1-3-2;4*1-2/h2*1-6H;3H2,1-2H3;2*1-2H3;2*2H2,1H3. The molecule has 0 aliphatic carbocycles. The summed E-state index contributed by atoms with van der Waals surface area (Å²) in [6.45, 7) is 12.2. The summed E-state index contributed by atoms with van der Waals surface area (Å²) in [5, 5.41) is 0. The van der Waals surface area contributed by atoms with Crippen LogP contribution in [0.15, 0.2) is 72.8 Å². The second kappa shape index (κ2) is 59.1. The van der Waals surface area contributed by atoms with Gasteiger partial charge in [0.1, 0.15) is 0 Å². The van der Waals surface area contributed by atoms with Gasteiger partial charge in [-0.15, -0.1) is 0 Å². The minimum absolute atomic E-state index is 1.25. The van der Waals surface area contributed by atoms with Gasteiger partial charge in [0.2, 0.25) is 0 Å². The van der Waals surface area contributed by atoms with Gasteiger partial charge in [-0.3, -0.25) is 0 Å². The van der Waals surface area contributed by atoms with Gasteiger partial charge in [0.15, 0.2) is 0 Å². The molecular weight excluding hydrogens is 280 g/mol. The van der Waals surface area contributed by atoms with Gasteiger partial charge >= 0.3 is 0 Å². The maximum Gasteiger partial charge on any atom is -0.0195 e. The van der Waals surface area contributed by atoms with E-state index < -0.39 is 0 Å². The van der Waals surface area contributed by atoms with Crippen molar-refractivity contribution in [2.24, 2.45) is 11.5 Å². The van der Waals surface area contributed by atoms with E-state index in [9.17, 15) is 0 Å². The monoisotopic (exact) mass is 322 g/mol. The molecule has 2 rings (SSSR count). The van der Waals surface area contributed by atoms with Crippen LogP contribution < -0.4 is 11.5 Å². The highest BCUT2D eigenvalue weighted by Crippen LogP contribution is 1.80. The Morgan fingerprint density at radius 1 is 0.391 bits per heavy atom. The van der Waals surface area contributed by atoms with E-state index in [1.165, 1.54) is 20.5 Å². The maximum absolute atomic E-state index is 4.50. The smallest absolute Gasteiger partial charge is 0.0195 e. The third-order valence-electron chi connectivity index (χ3n) is 1.33. The zero-order chi connectivity index (χ0) is 19.2. The summed E-state index contributed by atoms with van der Waals surface area (Å²) in [7, 11) is 3.00. The van der Waals surface area contributed by atoms with E-state index in [4.69, 9.17) is 0 Å². The van der Waals surface area contributed by atoms with Gasteiger partial charge in [-0.25, -0.2) is 0 Å². The molecule has 2 heteroatoms. The third-order valence-corrected chi connectivity index (χ3v) is 1.33. The summed E-state index contributed by atoms with van der Waals surface area (Å²) >= 11 is 0. The molecule has 0 unspecified atom stereocenters. The summed E-state index contributed by atoms with van der Waals surface area (Å²) in [5.74, 6) is 0. The highest BCUT2D eigenvalue weighted by Gasteiger charge is 1.58. The van der Waals surface area contributed by atoms with Gasteiger partial charge in [-0.1, -0.05) is 121 Å². The number of nitrogens with two attached hydrogens (primary N) is 2. The first-order valence-electron chi connectivity index (χ1n) is 8.57. The molecule has 2 aromatic rings. The molecule has 0 radical (unpaired) electrons. The van der Waals surface area contributed by atoms with Gasteiger partial charge in [-0.05, 0) is 14.1 Å². The van der Waals surface area contributed by atoms with E-state index >= 15 is 0 Å². The Kier molecular flexibility index (Phi) is 85.1. The van der Waals surface area contributed by atoms with Crippen molar-refractivity contribution < 1.29 is 0 Å². The van der Waals surface area contributed by atoms with E-state index in [0.29, 0.717) is 0 Å². The fraction of sp³-hybridized carbons (Fsp3) is 0.429. The Labute approximate surface area is 146 Å². The van der Waals surface area contributed by atoms with Crippen LogP contribution in [0.2, 0.25) is 0 Å². The van der Waals surface area contributed by atoms with Crippen molar-refractivity contribution in [1.29, 1.82) is 0 Å². The number of hydrogen-bond donors (Lipinski definition) is 2. The Bertz CT molecular complexity index is 198. The van der Waals surface area contributed by atoms with Crippen molar-refractivity contribution in [1.82, 2.24) is 0 Å². The van der Waals surface area contributed by atoms with Gasteiger partial charge < -0.3 is 11.5 Å². The lowest BCUT2D eigenvalue weighted by Crippen LogP contribution is -1.69. The van der Waals surface area contributed by atoms with E-state index in [2.05, 4.69) is 25.3 Å². The first-order chi connectivity index (χ1) is 11.4. The lowest BCUT2D eigenvalue weighted by molar-refractivity contribution is 1.09. The van der Waals surface area contributed by atoms with Crippen LogP contribution in [-0.2, 0) is 0 Å². The minimum atomic E-state index is 1.25. The molecule has 0 aromatic heterocycles. The molecule has 136 valence electrons. The molecule has 0 spiro atoms. The number of hydrogen-bond acceptors (Lipinski definition) is 2. The Morgan fingerprint density at radius 2 is 0.435 bits per heavy atom. The predicted octanol–water partition coefficient (Wildman–Crippen LogP) is 5.99. The van der Waals surface area contributed by atoms with Crippen LogP contribution in [0.5, 0.6) is 0 Å². The summed E-state index contributed by atoms with van der Waals surface area (Å²) in [4.78, 5) is 0. The maximum atomic E-state index is 4.50. The first-order valence-corrected chi connectivity index (χ1v) is 8.57. The van der Waals surface area contributed by atoms with E-state index in [-0.39, 0.29) is 0 Å². The van der Waals surface area contributed by atoms with Crippen molar-refractivity contribution >= 4 is 0 Å². The topological polar surface area (TPSA) is 52.0 Å². The van der Waals surface area contributed by atoms with Crippen LogP contribution in [-0.4, -0.2) is 14.1 Å². The molecule has 0 aliphatic rings. The van der Waals surface area contributed by atoms with Crippen molar-refractivity contribution in [3.63, 3.8) is 0 Å². The van der Waals surface area contributed by atoms with E-state index in [0.717, 1.165) is 0 Å². The van der Waals surface area contributed by atoms with Crippen molar-refractivity contribution in [2.75, 3.05) is 14.1 Å². The summed E-state index contributed by atoms with van der Waals surface area (Å²) < 4.78 is 0. The van der Waals surface area contributed by atoms with Crippen LogP contribution >= 0.6 is 0 Å². The van der Waals surface area contributed by atoms with Crippen LogP contribution in [0.4, 0.5) is 0 Å².